The maximum absolute atomic E-state index is 12.0. The number of ether oxygens (including phenoxy) is 1. The van der Waals surface area contributed by atoms with Crippen molar-refractivity contribution in [2.24, 2.45) is 0 Å². The molecule has 0 unspecified atom stereocenters. The summed E-state index contributed by atoms with van der Waals surface area (Å²) in [5.74, 6) is -0.0565. The van der Waals surface area contributed by atoms with E-state index in [-0.39, 0.29) is 23.1 Å². The highest BCUT2D eigenvalue weighted by Gasteiger charge is 2.12. The van der Waals surface area contributed by atoms with Crippen LogP contribution >= 0.6 is 23.2 Å². The van der Waals surface area contributed by atoms with Gasteiger partial charge < -0.3 is 4.74 Å². The number of halogens is 2. The fraction of sp³-hybridized carbons (Fsp3) is 0.263. The quantitative estimate of drug-likeness (QED) is 0.744. The molecule has 0 saturated carbocycles. The van der Waals surface area contributed by atoms with Gasteiger partial charge in [-0.15, -0.1) is 0 Å². The van der Waals surface area contributed by atoms with E-state index in [0.717, 1.165) is 11.1 Å². The van der Waals surface area contributed by atoms with Gasteiger partial charge in [-0.2, -0.15) is 0 Å². The number of hydrogen-bond donors (Lipinski definition) is 2. The average molecular weight is 395 g/mol. The normalized spacial score (nSPS) is 10.5. The molecule has 138 valence electrons. The number of hydrogen-bond acceptors (Lipinski definition) is 3. The molecule has 0 radical (unpaired) electrons. The molecule has 0 spiro atoms. The van der Waals surface area contributed by atoms with Crippen LogP contribution in [-0.4, -0.2) is 18.4 Å². The summed E-state index contributed by atoms with van der Waals surface area (Å²) in [5.41, 5.74) is 6.95. The molecule has 0 saturated heterocycles. The molecule has 2 N–H and O–H groups in total. The van der Waals surface area contributed by atoms with Gasteiger partial charge in [0, 0.05) is 5.56 Å². The van der Waals surface area contributed by atoms with E-state index >= 15 is 0 Å². The second kappa shape index (κ2) is 8.92. The molecule has 26 heavy (non-hydrogen) atoms. The summed E-state index contributed by atoms with van der Waals surface area (Å²) in [4.78, 5) is 23.9. The van der Waals surface area contributed by atoms with Crippen molar-refractivity contribution in [1.82, 2.24) is 10.9 Å². The molecule has 0 aromatic heterocycles. The van der Waals surface area contributed by atoms with Gasteiger partial charge in [0.2, 0.25) is 0 Å². The lowest BCUT2D eigenvalue weighted by molar-refractivity contribution is -0.123. The third-order valence-electron chi connectivity index (χ3n) is 3.65. The largest absolute Gasteiger partial charge is 0.483 e. The number of amides is 2. The molecule has 2 aromatic rings. The number of aryl methyl sites for hydroxylation is 1. The summed E-state index contributed by atoms with van der Waals surface area (Å²) < 4.78 is 5.61. The summed E-state index contributed by atoms with van der Waals surface area (Å²) in [6, 6.07) is 10.3. The van der Waals surface area contributed by atoms with Crippen molar-refractivity contribution in [1.29, 1.82) is 0 Å². The summed E-state index contributed by atoms with van der Waals surface area (Å²) in [6.45, 7) is 5.84. The van der Waals surface area contributed by atoms with E-state index in [1.165, 1.54) is 18.2 Å². The zero-order valence-electron chi connectivity index (χ0n) is 14.7. The number of rotatable bonds is 5. The molecule has 0 bridgehead atoms. The number of carbonyl (C=O) groups is 2. The van der Waals surface area contributed by atoms with Crippen molar-refractivity contribution in [3.63, 3.8) is 0 Å². The monoisotopic (exact) mass is 394 g/mol. The molecule has 0 aliphatic rings. The topological polar surface area (TPSA) is 67.4 Å². The Morgan fingerprint density at radius 3 is 2.42 bits per heavy atom. The predicted octanol–water partition coefficient (Wildman–Crippen LogP) is 4.27. The zero-order chi connectivity index (χ0) is 19.3. The Kier molecular flexibility index (Phi) is 6.89. The molecule has 0 aliphatic heterocycles. The fourth-order valence-electron chi connectivity index (χ4n) is 2.26. The van der Waals surface area contributed by atoms with Crippen LogP contribution in [0, 0.1) is 6.92 Å². The Bertz CT molecular complexity index is 822. The molecule has 2 rings (SSSR count). The van der Waals surface area contributed by atoms with Gasteiger partial charge in [-0.25, -0.2) is 0 Å². The van der Waals surface area contributed by atoms with E-state index in [0.29, 0.717) is 10.8 Å². The summed E-state index contributed by atoms with van der Waals surface area (Å²) in [6.07, 6.45) is 0. The van der Waals surface area contributed by atoms with Gasteiger partial charge in [-0.3, -0.25) is 20.4 Å². The smallest absolute Gasteiger partial charge is 0.276 e. The van der Waals surface area contributed by atoms with Crippen molar-refractivity contribution in [3.8, 4) is 5.75 Å². The first-order valence-electron chi connectivity index (χ1n) is 8.05. The second-order valence-corrected chi connectivity index (χ2v) is 6.93. The molecule has 0 aliphatic carbocycles. The first-order chi connectivity index (χ1) is 12.3. The van der Waals surface area contributed by atoms with Gasteiger partial charge in [0.25, 0.3) is 11.8 Å². The van der Waals surface area contributed by atoms with E-state index in [1.807, 2.05) is 25.1 Å². The lowest BCUT2D eigenvalue weighted by Gasteiger charge is -2.15. The second-order valence-electron chi connectivity index (χ2n) is 6.12. The maximum Gasteiger partial charge on any atom is 0.276 e. The highest BCUT2D eigenvalue weighted by atomic mass is 35.5. The average Bonchev–Trinajstić information content (AvgIpc) is 2.59. The third kappa shape index (κ3) is 5.38. The summed E-state index contributed by atoms with van der Waals surface area (Å²) >= 11 is 11.7. The van der Waals surface area contributed by atoms with Crippen molar-refractivity contribution in [2.75, 3.05) is 6.61 Å². The van der Waals surface area contributed by atoms with E-state index in [2.05, 4.69) is 24.7 Å². The molecule has 2 amide bonds. The Labute approximate surface area is 162 Å². The van der Waals surface area contributed by atoms with Gasteiger partial charge in [-0.05, 0) is 48.2 Å². The number of benzene rings is 2. The standard InChI is InChI=1S/C19H20Cl2N2O3/c1-11(2)14-6-4-12(3)8-17(14)26-10-18(24)22-23-19(25)13-5-7-15(20)16(21)9-13/h4-9,11H,10H2,1-3H3,(H,22,24)(H,23,25). The Morgan fingerprint density at radius 2 is 1.77 bits per heavy atom. The van der Waals surface area contributed by atoms with Crippen LogP contribution in [0.3, 0.4) is 0 Å². The van der Waals surface area contributed by atoms with Crippen molar-refractivity contribution < 1.29 is 14.3 Å². The fourth-order valence-corrected chi connectivity index (χ4v) is 2.56. The highest BCUT2D eigenvalue weighted by molar-refractivity contribution is 6.42. The van der Waals surface area contributed by atoms with Crippen LogP contribution in [0.25, 0.3) is 0 Å². The maximum atomic E-state index is 12.0. The van der Waals surface area contributed by atoms with Crippen molar-refractivity contribution in [2.45, 2.75) is 26.7 Å². The minimum Gasteiger partial charge on any atom is -0.483 e. The Hall–Kier alpha value is -2.24. The number of hydrazine groups is 1. The Morgan fingerprint density at radius 1 is 1.04 bits per heavy atom. The van der Waals surface area contributed by atoms with Gasteiger partial charge in [0.15, 0.2) is 6.61 Å². The molecule has 0 fully saturated rings. The first kappa shape index (κ1) is 20.1. The van der Waals surface area contributed by atoms with Crippen LogP contribution in [-0.2, 0) is 4.79 Å². The molecular formula is C19H20Cl2N2O3. The van der Waals surface area contributed by atoms with Gasteiger partial charge in [0.05, 0.1) is 10.0 Å². The molecule has 2 aromatic carbocycles. The van der Waals surface area contributed by atoms with Crippen molar-refractivity contribution >= 4 is 35.0 Å². The van der Waals surface area contributed by atoms with Crippen LogP contribution in [0.1, 0.15) is 41.3 Å². The van der Waals surface area contributed by atoms with Gasteiger partial charge >= 0.3 is 0 Å². The van der Waals surface area contributed by atoms with E-state index in [1.54, 1.807) is 0 Å². The number of nitrogens with one attached hydrogen (secondary N) is 2. The van der Waals surface area contributed by atoms with Crippen LogP contribution in [0.15, 0.2) is 36.4 Å². The lowest BCUT2D eigenvalue weighted by atomic mass is 10.0. The molecule has 0 atom stereocenters. The minimum atomic E-state index is -0.504. The summed E-state index contributed by atoms with van der Waals surface area (Å²) in [7, 11) is 0. The van der Waals surface area contributed by atoms with E-state index in [9.17, 15) is 9.59 Å². The third-order valence-corrected chi connectivity index (χ3v) is 4.39. The van der Waals surface area contributed by atoms with Crippen molar-refractivity contribution in [3.05, 3.63) is 63.1 Å². The zero-order valence-corrected chi connectivity index (χ0v) is 16.2. The van der Waals surface area contributed by atoms with E-state index in [4.69, 9.17) is 27.9 Å². The molecular weight excluding hydrogens is 375 g/mol. The Balaban J connectivity index is 1.90. The van der Waals surface area contributed by atoms with Gasteiger partial charge in [0.1, 0.15) is 5.75 Å². The predicted molar refractivity (Wildman–Crippen MR) is 103 cm³/mol. The number of carbonyl (C=O) groups excluding carboxylic acids is 2. The summed E-state index contributed by atoms with van der Waals surface area (Å²) in [5, 5.41) is 0.606. The van der Waals surface area contributed by atoms with Crippen LogP contribution in [0.5, 0.6) is 5.75 Å². The van der Waals surface area contributed by atoms with Gasteiger partial charge in [-0.1, -0.05) is 49.2 Å². The molecule has 7 heteroatoms. The SMILES string of the molecule is Cc1ccc(C(C)C)c(OCC(=O)NNC(=O)c2ccc(Cl)c(Cl)c2)c1. The first-order valence-corrected chi connectivity index (χ1v) is 8.81. The van der Waals surface area contributed by atoms with Crippen LogP contribution in [0.2, 0.25) is 10.0 Å². The molecule has 5 nitrogen and oxygen atoms in total. The van der Waals surface area contributed by atoms with E-state index < -0.39 is 11.8 Å². The minimum absolute atomic E-state index is 0.217. The van der Waals surface area contributed by atoms with Crippen LogP contribution < -0.4 is 15.6 Å². The highest BCUT2D eigenvalue weighted by Crippen LogP contribution is 2.27. The van der Waals surface area contributed by atoms with Crippen LogP contribution in [0.4, 0.5) is 0 Å². The molecule has 0 heterocycles. The lowest BCUT2D eigenvalue weighted by Crippen LogP contribution is -2.43.